The highest BCUT2D eigenvalue weighted by Gasteiger charge is 2.31. The molecule has 0 radical (unpaired) electrons. The molecule has 2 aromatic carbocycles. The van der Waals surface area contributed by atoms with E-state index in [-0.39, 0.29) is 34.6 Å². The summed E-state index contributed by atoms with van der Waals surface area (Å²) in [7, 11) is 0. The number of carbonyl (C=O) groups is 1. The van der Waals surface area contributed by atoms with Crippen LogP contribution in [0.1, 0.15) is 39.7 Å². The first-order chi connectivity index (χ1) is 18.5. The molecular weight excluding hydrogens is 513 g/mol. The molecule has 204 valence electrons. The second-order valence-electron chi connectivity index (χ2n) is 10.3. The number of hydrogen-bond acceptors (Lipinski definition) is 7. The number of carbonyl (C=O) groups excluding carboxylic acids is 1. The number of aromatic nitrogens is 4. The largest absolute Gasteiger partial charge is 0.454 e. The second-order valence-corrected chi connectivity index (χ2v) is 10.3. The summed E-state index contributed by atoms with van der Waals surface area (Å²) >= 11 is 0. The first-order valence-electron chi connectivity index (χ1n) is 12.4. The van der Waals surface area contributed by atoms with Crippen molar-refractivity contribution in [1.29, 1.82) is 0 Å². The molecule has 1 aliphatic heterocycles. The highest BCUT2D eigenvalue weighted by Crippen LogP contribution is 2.37. The molecule has 0 bridgehead atoms. The summed E-state index contributed by atoms with van der Waals surface area (Å²) in [6.45, 7) is 6.27. The number of benzene rings is 2. The SMILES string of the molecule is CC(C)(C)OC(=O)N1CCCC(n2nc(-c3ccc(Oc4cccc(F)c4F)cc3F)c3c(N)ncnc32)C1. The molecule has 12 heteroatoms. The van der Waals surface area contributed by atoms with Gasteiger partial charge in [0.05, 0.1) is 11.4 Å². The average molecular weight is 541 g/mol. The summed E-state index contributed by atoms with van der Waals surface area (Å²) in [6.07, 6.45) is 2.29. The van der Waals surface area contributed by atoms with E-state index >= 15 is 4.39 Å². The van der Waals surface area contributed by atoms with E-state index in [2.05, 4.69) is 15.1 Å². The van der Waals surface area contributed by atoms with Gasteiger partial charge in [0.1, 0.15) is 35.0 Å². The molecule has 3 heterocycles. The maximum absolute atomic E-state index is 15.4. The number of fused-ring (bicyclic) bond motifs is 1. The molecular formula is C27H27F3N6O3. The van der Waals surface area contributed by atoms with Crippen LogP contribution < -0.4 is 10.5 Å². The van der Waals surface area contributed by atoms with Crippen LogP contribution in [0.15, 0.2) is 42.7 Å². The van der Waals surface area contributed by atoms with Crippen LogP contribution in [0.4, 0.5) is 23.8 Å². The van der Waals surface area contributed by atoms with E-state index in [1.54, 1.807) is 30.4 Å². The molecule has 0 spiro atoms. The lowest BCUT2D eigenvalue weighted by molar-refractivity contribution is 0.0169. The van der Waals surface area contributed by atoms with E-state index in [9.17, 15) is 13.6 Å². The average Bonchev–Trinajstić information content (AvgIpc) is 3.27. The van der Waals surface area contributed by atoms with Gasteiger partial charge in [0.2, 0.25) is 5.82 Å². The molecule has 1 saturated heterocycles. The van der Waals surface area contributed by atoms with Crippen LogP contribution in [-0.4, -0.2) is 49.4 Å². The van der Waals surface area contributed by atoms with E-state index in [0.29, 0.717) is 37.0 Å². The summed E-state index contributed by atoms with van der Waals surface area (Å²) < 4.78 is 55.5. The van der Waals surface area contributed by atoms with Gasteiger partial charge in [-0.3, -0.25) is 0 Å². The Morgan fingerprint density at radius 2 is 1.90 bits per heavy atom. The third kappa shape index (κ3) is 5.31. The van der Waals surface area contributed by atoms with E-state index < -0.39 is 29.1 Å². The first kappa shape index (κ1) is 26.3. The lowest BCUT2D eigenvalue weighted by Crippen LogP contribution is -2.43. The third-order valence-electron chi connectivity index (χ3n) is 6.25. The quantitative estimate of drug-likeness (QED) is 0.346. The van der Waals surface area contributed by atoms with Crippen molar-refractivity contribution in [2.24, 2.45) is 0 Å². The van der Waals surface area contributed by atoms with Gasteiger partial charge in [-0.2, -0.15) is 9.49 Å². The summed E-state index contributed by atoms with van der Waals surface area (Å²) in [5.74, 6) is -3.27. The van der Waals surface area contributed by atoms with Crippen molar-refractivity contribution in [2.75, 3.05) is 18.8 Å². The topological polar surface area (TPSA) is 108 Å². The molecule has 9 nitrogen and oxygen atoms in total. The zero-order chi connectivity index (χ0) is 27.9. The van der Waals surface area contributed by atoms with Gasteiger partial charge in [0.25, 0.3) is 0 Å². The van der Waals surface area contributed by atoms with Gasteiger partial charge in [0, 0.05) is 24.7 Å². The predicted molar refractivity (Wildman–Crippen MR) is 138 cm³/mol. The fourth-order valence-electron chi connectivity index (χ4n) is 4.53. The Balaban J connectivity index is 1.49. The maximum atomic E-state index is 15.4. The number of anilines is 1. The number of nitrogens with zero attached hydrogens (tertiary/aromatic N) is 5. The first-order valence-corrected chi connectivity index (χ1v) is 12.4. The Morgan fingerprint density at radius 3 is 2.64 bits per heavy atom. The van der Waals surface area contributed by atoms with Crippen molar-refractivity contribution in [3.8, 4) is 22.8 Å². The number of halogens is 3. The molecule has 1 fully saturated rings. The van der Waals surface area contributed by atoms with Crippen LogP contribution in [0.5, 0.6) is 11.5 Å². The maximum Gasteiger partial charge on any atom is 0.410 e. The normalized spacial score (nSPS) is 15.9. The molecule has 0 saturated carbocycles. The molecule has 1 unspecified atom stereocenters. The number of nitrogens with two attached hydrogens (primary N) is 1. The molecule has 4 aromatic rings. The van der Waals surface area contributed by atoms with Crippen LogP contribution in [0.3, 0.4) is 0 Å². The lowest BCUT2D eigenvalue weighted by atomic mass is 10.1. The molecule has 1 atom stereocenters. The van der Waals surface area contributed by atoms with Gasteiger partial charge >= 0.3 is 6.09 Å². The highest BCUT2D eigenvalue weighted by atomic mass is 19.2. The van der Waals surface area contributed by atoms with E-state index in [0.717, 1.165) is 12.1 Å². The Hall–Kier alpha value is -4.35. The monoisotopic (exact) mass is 540 g/mol. The minimum atomic E-state index is -1.18. The van der Waals surface area contributed by atoms with Gasteiger partial charge < -0.3 is 20.1 Å². The Labute approximate surface area is 222 Å². The van der Waals surface area contributed by atoms with E-state index in [4.69, 9.17) is 15.2 Å². The van der Waals surface area contributed by atoms with Crippen LogP contribution in [0, 0.1) is 17.5 Å². The molecule has 1 amide bonds. The molecule has 2 N–H and O–H groups in total. The molecule has 1 aliphatic rings. The van der Waals surface area contributed by atoms with Crippen molar-refractivity contribution >= 4 is 22.9 Å². The number of ether oxygens (including phenoxy) is 2. The summed E-state index contributed by atoms with van der Waals surface area (Å²) in [6, 6.07) is 7.09. The minimum absolute atomic E-state index is 0.0333. The summed E-state index contributed by atoms with van der Waals surface area (Å²) in [4.78, 5) is 22.8. The second kappa shape index (κ2) is 10.1. The van der Waals surface area contributed by atoms with Crippen LogP contribution in [-0.2, 0) is 4.74 Å². The van der Waals surface area contributed by atoms with Crippen molar-refractivity contribution in [3.63, 3.8) is 0 Å². The molecule has 0 aliphatic carbocycles. The van der Waals surface area contributed by atoms with Gasteiger partial charge in [0.15, 0.2) is 17.2 Å². The molecule has 2 aromatic heterocycles. The number of hydrogen-bond donors (Lipinski definition) is 1. The molecule has 5 rings (SSSR count). The summed E-state index contributed by atoms with van der Waals surface area (Å²) in [5, 5.41) is 5.03. The number of piperidine rings is 1. The fraction of sp³-hybridized carbons (Fsp3) is 0.333. The Kier molecular flexibility index (Phi) is 6.79. The number of amides is 1. The van der Waals surface area contributed by atoms with Crippen molar-refractivity contribution in [1.82, 2.24) is 24.6 Å². The smallest absolute Gasteiger partial charge is 0.410 e. The van der Waals surface area contributed by atoms with Crippen LogP contribution >= 0.6 is 0 Å². The number of likely N-dealkylation sites (tertiary alicyclic amines) is 1. The Morgan fingerprint density at radius 1 is 1.10 bits per heavy atom. The molecule has 39 heavy (non-hydrogen) atoms. The zero-order valence-electron chi connectivity index (χ0n) is 21.6. The fourth-order valence-corrected chi connectivity index (χ4v) is 4.53. The van der Waals surface area contributed by atoms with Crippen LogP contribution in [0.25, 0.3) is 22.3 Å². The van der Waals surface area contributed by atoms with E-state index in [1.165, 1.54) is 30.6 Å². The van der Waals surface area contributed by atoms with Gasteiger partial charge in [-0.1, -0.05) is 6.07 Å². The van der Waals surface area contributed by atoms with Crippen molar-refractivity contribution < 1.29 is 27.4 Å². The summed E-state index contributed by atoms with van der Waals surface area (Å²) in [5.41, 5.74) is 6.24. The van der Waals surface area contributed by atoms with Gasteiger partial charge in [-0.25, -0.2) is 28.2 Å². The van der Waals surface area contributed by atoms with Gasteiger partial charge in [-0.05, 0) is 57.9 Å². The number of nitrogen functional groups attached to an aromatic ring is 1. The predicted octanol–water partition coefficient (Wildman–Crippen LogP) is 5.86. The number of rotatable bonds is 4. The Bertz CT molecular complexity index is 1550. The third-order valence-corrected chi connectivity index (χ3v) is 6.25. The lowest BCUT2D eigenvalue weighted by Gasteiger charge is -2.34. The van der Waals surface area contributed by atoms with Crippen molar-refractivity contribution in [2.45, 2.75) is 45.3 Å². The van der Waals surface area contributed by atoms with Crippen molar-refractivity contribution in [3.05, 3.63) is 60.2 Å². The van der Waals surface area contributed by atoms with E-state index in [1.807, 2.05) is 0 Å². The standard InChI is InChI=1S/C27H27F3N6O3/c1-27(2,3)39-26(37)35-11-5-6-15(13-35)36-25-21(24(31)32-14-33-25)23(34-36)17-10-9-16(12-19(17)29)38-20-8-4-7-18(28)22(20)30/h4,7-10,12,14-15H,5-6,11,13H2,1-3H3,(H2,31,32,33). The van der Waals surface area contributed by atoms with Gasteiger partial charge in [-0.15, -0.1) is 0 Å². The van der Waals surface area contributed by atoms with Crippen LogP contribution in [0.2, 0.25) is 0 Å². The minimum Gasteiger partial charge on any atom is -0.454 e. The highest BCUT2D eigenvalue weighted by molar-refractivity contribution is 5.98. The zero-order valence-corrected chi connectivity index (χ0v) is 21.6.